The van der Waals surface area contributed by atoms with Crippen LogP contribution in [0.25, 0.3) is 17.2 Å². The van der Waals surface area contributed by atoms with Crippen molar-refractivity contribution in [2.24, 2.45) is 0 Å². The van der Waals surface area contributed by atoms with Crippen LogP contribution in [0.5, 0.6) is 0 Å². The van der Waals surface area contributed by atoms with Crippen LogP contribution in [-0.4, -0.2) is 49.7 Å². The van der Waals surface area contributed by atoms with E-state index in [1.54, 1.807) is 28.4 Å². The van der Waals surface area contributed by atoms with Crippen molar-refractivity contribution >= 4 is 17.2 Å². The monoisotopic (exact) mass is 498 g/mol. The average molecular weight is 499 g/mol. The van der Waals surface area contributed by atoms with Crippen LogP contribution in [0, 0.1) is 13.8 Å². The molecule has 184 valence electrons. The van der Waals surface area contributed by atoms with E-state index >= 15 is 0 Å². The summed E-state index contributed by atoms with van der Waals surface area (Å²) in [6.45, 7) is 6.98. The van der Waals surface area contributed by atoms with Gasteiger partial charge in [0.1, 0.15) is 0 Å². The van der Waals surface area contributed by atoms with Crippen molar-refractivity contribution in [1.82, 2.24) is 30.0 Å². The Kier molecular flexibility index (Phi) is 6.15. The third-order valence-corrected chi connectivity index (χ3v) is 7.99. The van der Waals surface area contributed by atoms with E-state index in [-0.39, 0.29) is 11.9 Å². The fraction of sp³-hybridized carbons (Fsp3) is 0.357. The molecule has 3 aromatic heterocycles. The molecule has 2 aliphatic rings. The topological polar surface area (TPSA) is 75.9 Å². The maximum atomic E-state index is 13.4. The molecular formula is C28H30N6OS. The summed E-state index contributed by atoms with van der Waals surface area (Å²) in [4.78, 5) is 27.6. The number of carbonyl (C=O) groups is 1. The van der Waals surface area contributed by atoms with E-state index < -0.39 is 0 Å². The first-order valence-electron chi connectivity index (χ1n) is 12.6. The number of carbonyl (C=O) groups excluding carboxylic acids is 1. The van der Waals surface area contributed by atoms with Gasteiger partial charge in [-0.2, -0.15) is 5.10 Å². The van der Waals surface area contributed by atoms with E-state index in [0.29, 0.717) is 17.4 Å². The Hall–Kier alpha value is -3.36. The normalized spacial score (nSPS) is 18.0. The fourth-order valence-electron chi connectivity index (χ4n) is 5.13. The molecule has 4 heterocycles. The summed E-state index contributed by atoms with van der Waals surface area (Å²) in [5.41, 5.74) is 4.89. The first-order chi connectivity index (χ1) is 17.5. The summed E-state index contributed by atoms with van der Waals surface area (Å²) >= 11 is 1.77. The van der Waals surface area contributed by atoms with Gasteiger partial charge >= 0.3 is 0 Å². The summed E-state index contributed by atoms with van der Waals surface area (Å²) < 4.78 is 1.78. The Morgan fingerprint density at radius 2 is 1.97 bits per heavy atom. The first kappa shape index (κ1) is 23.1. The number of benzene rings is 1. The summed E-state index contributed by atoms with van der Waals surface area (Å²) in [5.74, 6) is 0.797. The van der Waals surface area contributed by atoms with E-state index in [2.05, 4.69) is 64.5 Å². The zero-order valence-corrected chi connectivity index (χ0v) is 21.5. The molecule has 0 spiro atoms. The summed E-state index contributed by atoms with van der Waals surface area (Å²) in [6.07, 6.45) is 6.54. The SMILES string of the molecule is Cc1cc(-c2ccnc(-n3ncc(C(=O)N[C@@H]4CCN(Cc5ccccc5)C4)c3C3CC3)n2)c(C)s1. The van der Waals surface area contributed by atoms with Gasteiger partial charge in [-0.3, -0.25) is 9.69 Å². The van der Waals surface area contributed by atoms with Gasteiger partial charge in [0.05, 0.1) is 23.1 Å². The summed E-state index contributed by atoms with van der Waals surface area (Å²) in [5, 5.41) is 7.87. The van der Waals surface area contributed by atoms with Crippen molar-refractivity contribution in [3.63, 3.8) is 0 Å². The van der Waals surface area contributed by atoms with Crippen LogP contribution in [-0.2, 0) is 6.54 Å². The van der Waals surface area contributed by atoms with Crippen LogP contribution in [0.3, 0.4) is 0 Å². The molecule has 7 nitrogen and oxygen atoms in total. The predicted molar refractivity (Wildman–Crippen MR) is 142 cm³/mol. The van der Waals surface area contributed by atoms with Gasteiger partial charge in [0.25, 0.3) is 11.9 Å². The van der Waals surface area contributed by atoms with Crippen molar-refractivity contribution in [1.29, 1.82) is 0 Å². The number of aryl methyl sites for hydroxylation is 2. The van der Waals surface area contributed by atoms with Crippen molar-refractivity contribution in [2.75, 3.05) is 13.1 Å². The molecule has 1 amide bonds. The Morgan fingerprint density at radius 3 is 2.72 bits per heavy atom. The van der Waals surface area contributed by atoms with Gasteiger partial charge in [0.2, 0.25) is 0 Å². The summed E-state index contributed by atoms with van der Waals surface area (Å²) in [7, 11) is 0. The smallest absolute Gasteiger partial charge is 0.255 e. The van der Waals surface area contributed by atoms with Gasteiger partial charge in [0.15, 0.2) is 0 Å². The highest BCUT2D eigenvalue weighted by Crippen LogP contribution is 2.42. The lowest BCUT2D eigenvalue weighted by atomic mass is 10.1. The molecule has 1 saturated carbocycles. The third kappa shape index (κ3) is 4.70. The Morgan fingerprint density at radius 1 is 1.14 bits per heavy atom. The summed E-state index contributed by atoms with van der Waals surface area (Å²) in [6, 6.07) is 14.7. The number of aromatic nitrogens is 4. The van der Waals surface area contributed by atoms with Crippen LogP contribution in [0.1, 0.15) is 56.6 Å². The lowest BCUT2D eigenvalue weighted by Gasteiger charge is -2.17. The number of nitrogens with zero attached hydrogens (tertiary/aromatic N) is 5. The van der Waals surface area contributed by atoms with Crippen LogP contribution < -0.4 is 5.32 Å². The van der Waals surface area contributed by atoms with Gasteiger partial charge < -0.3 is 5.32 Å². The molecule has 1 aromatic carbocycles. The van der Waals surface area contributed by atoms with Crippen LogP contribution in [0.4, 0.5) is 0 Å². The number of likely N-dealkylation sites (tertiary alicyclic amines) is 1. The second-order valence-electron chi connectivity index (χ2n) is 9.88. The highest BCUT2D eigenvalue weighted by Gasteiger charge is 2.34. The van der Waals surface area contributed by atoms with Crippen molar-refractivity contribution in [3.05, 3.63) is 81.4 Å². The average Bonchev–Trinajstić information content (AvgIpc) is 3.30. The number of hydrogen-bond acceptors (Lipinski definition) is 6. The van der Waals surface area contributed by atoms with Crippen molar-refractivity contribution in [2.45, 2.75) is 51.6 Å². The number of amides is 1. The zero-order valence-electron chi connectivity index (χ0n) is 20.6. The minimum absolute atomic E-state index is 0.0461. The zero-order chi connectivity index (χ0) is 24.6. The molecule has 1 aliphatic carbocycles. The van der Waals surface area contributed by atoms with Gasteiger partial charge in [-0.1, -0.05) is 30.3 Å². The Labute approximate surface area is 215 Å². The van der Waals surface area contributed by atoms with Crippen LogP contribution in [0.15, 0.2) is 54.9 Å². The molecule has 6 rings (SSSR count). The maximum Gasteiger partial charge on any atom is 0.255 e. The van der Waals surface area contributed by atoms with Gasteiger partial charge in [-0.05, 0) is 50.8 Å². The second-order valence-corrected chi connectivity index (χ2v) is 11.3. The number of thiophene rings is 1. The number of nitrogens with one attached hydrogen (secondary N) is 1. The molecule has 1 atom stereocenters. The first-order valence-corrected chi connectivity index (χ1v) is 13.4. The molecule has 0 unspecified atom stereocenters. The van der Waals surface area contributed by atoms with E-state index in [1.165, 1.54) is 15.3 Å². The molecule has 0 bridgehead atoms. The van der Waals surface area contributed by atoms with E-state index in [1.807, 2.05) is 12.1 Å². The Balaban J connectivity index is 1.20. The van der Waals surface area contributed by atoms with Crippen LogP contribution >= 0.6 is 11.3 Å². The standard InChI is InChI=1S/C28H30N6OS/c1-18-14-23(19(2)36-18)25-10-12-29-28(32-25)34-26(21-8-9-21)24(15-30-34)27(35)31-22-11-13-33(17-22)16-20-6-4-3-5-7-20/h3-7,10,12,14-15,21-22H,8-9,11,13,16-17H2,1-2H3,(H,31,35)/t22-/m1/s1. The molecule has 0 radical (unpaired) electrons. The number of hydrogen-bond donors (Lipinski definition) is 1. The quantitative estimate of drug-likeness (QED) is 0.393. The molecule has 1 N–H and O–H groups in total. The highest BCUT2D eigenvalue weighted by molar-refractivity contribution is 7.12. The van der Waals surface area contributed by atoms with E-state index in [4.69, 9.17) is 4.98 Å². The largest absolute Gasteiger partial charge is 0.348 e. The minimum atomic E-state index is -0.0461. The molecule has 8 heteroatoms. The number of rotatable bonds is 7. The van der Waals surface area contributed by atoms with Crippen molar-refractivity contribution in [3.8, 4) is 17.2 Å². The van der Waals surface area contributed by atoms with Gasteiger partial charge in [-0.25, -0.2) is 14.6 Å². The molecule has 4 aromatic rings. The predicted octanol–water partition coefficient (Wildman–Crippen LogP) is 4.89. The lowest BCUT2D eigenvalue weighted by Crippen LogP contribution is -2.37. The van der Waals surface area contributed by atoms with Gasteiger partial charge in [0, 0.05) is 53.1 Å². The van der Waals surface area contributed by atoms with E-state index in [9.17, 15) is 4.79 Å². The van der Waals surface area contributed by atoms with Gasteiger partial charge in [-0.15, -0.1) is 11.3 Å². The van der Waals surface area contributed by atoms with Crippen molar-refractivity contribution < 1.29 is 4.79 Å². The minimum Gasteiger partial charge on any atom is -0.348 e. The molecule has 1 aliphatic heterocycles. The molecular weight excluding hydrogens is 468 g/mol. The highest BCUT2D eigenvalue weighted by atomic mass is 32.1. The Bertz CT molecular complexity index is 1390. The maximum absolute atomic E-state index is 13.4. The van der Waals surface area contributed by atoms with E-state index in [0.717, 1.165) is 55.8 Å². The third-order valence-electron chi connectivity index (χ3n) is 7.02. The lowest BCUT2D eigenvalue weighted by molar-refractivity contribution is 0.0936. The molecule has 36 heavy (non-hydrogen) atoms. The fourth-order valence-corrected chi connectivity index (χ4v) is 6.06. The molecule has 1 saturated heterocycles. The van der Waals surface area contributed by atoms with Crippen LogP contribution in [0.2, 0.25) is 0 Å². The molecule has 2 fully saturated rings. The second kappa shape index (κ2) is 9.59.